The van der Waals surface area contributed by atoms with E-state index in [1.807, 2.05) is 6.07 Å². The zero-order valence-electron chi connectivity index (χ0n) is 17.5. The summed E-state index contributed by atoms with van der Waals surface area (Å²) in [6.07, 6.45) is -1.23. The monoisotopic (exact) mass is 445 g/mol. The molecule has 2 aromatic rings. The van der Waals surface area contributed by atoms with Crippen LogP contribution in [0.5, 0.6) is 0 Å². The third-order valence-electron chi connectivity index (χ3n) is 6.74. The minimum atomic E-state index is -4.69. The Labute approximate surface area is 182 Å². The molecule has 0 bridgehead atoms. The summed E-state index contributed by atoms with van der Waals surface area (Å²) in [7, 11) is 0. The number of amides is 2. The van der Waals surface area contributed by atoms with Gasteiger partial charge >= 0.3 is 6.18 Å². The second-order valence-corrected chi connectivity index (χ2v) is 9.12. The van der Waals surface area contributed by atoms with E-state index in [-0.39, 0.29) is 47.7 Å². The van der Waals surface area contributed by atoms with E-state index in [1.54, 1.807) is 4.90 Å². The van der Waals surface area contributed by atoms with Crippen molar-refractivity contribution in [2.75, 3.05) is 19.6 Å². The molecule has 7 nitrogen and oxygen atoms in total. The number of alkyl halides is 3. The van der Waals surface area contributed by atoms with Crippen molar-refractivity contribution in [2.24, 2.45) is 5.92 Å². The fraction of sp³-hybridized carbons (Fsp3) is 0.545. The summed E-state index contributed by atoms with van der Waals surface area (Å²) in [4.78, 5) is 28.8. The molecule has 0 N–H and O–H groups in total. The predicted octanol–water partition coefficient (Wildman–Crippen LogP) is 3.19. The first-order valence-electron chi connectivity index (χ1n) is 10.8. The number of pyridine rings is 1. The van der Waals surface area contributed by atoms with Gasteiger partial charge in [0.15, 0.2) is 5.69 Å². The maximum Gasteiger partial charge on any atom is 0.433 e. The van der Waals surface area contributed by atoms with Crippen molar-refractivity contribution in [3.05, 3.63) is 34.6 Å². The van der Waals surface area contributed by atoms with Crippen molar-refractivity contribution < 1.29 is 22.8 Å². The molecular weight excluding hydrogens is 423 g/mol. The molecule has 0 spiro atoms. The fourth-order valence-electron chi connectivity index (χ4n) is 4.79. The number of aromatic nitrogens is 2. The van der Waals surface area contributed by atoms with Gasteiger partial charge in [-0.1, -0.05) is 6.92 Å². The first-order chi connectivity index (χ1) is 15.2. The van der Waals surface area contributed by atoms with Gasteiger partial charge in [-0.25, -0.2) is 4.52 Å². The SMILES string of the molecule is CC1CC(N2CCN(C(=O)c3nn4c(C(F)(F)F)cc(C5CC5)cc4c3C#N)CC2=O)C1. The Hall–Kier alpha value is -3.09. The summed E-state index contributed by atoms with van der Waals surface area (Å²) in [5, 5.41) is 13.6. The van der Waals surface area contributed by atoms with Crippen LogP contribution in [0.4, 0.5) is 13.2 Å². The number of hydrogen-bond acceptors (Lipinski definition) is 4. The van der Waals surface area contributed by atoms with Crippen LogP contribution in [0.2, 0.25) is 0 Å². The molecule has 32 heavy (non-hydrogen) atoms. The molecule has 168 valence electrons. The van der Waals surface area contributed by atoms with Crippen molar-refractivity contribution in [3.63, 3.8) is 0 Å². The van der Waals surface area contributed by atoms with Crippen LogP contribution in [0, 0.1) is 17.2 Å². The van der Waals surface area contributed by atoms with Crippen LogP contribution in [0.25, 0.3) is 5.52 Å². The Morgan fingerprint density at radius 1 is 1.22 bits per heavy atom. The molecule has 0 unspecified atom stereocenters. The second kappa shape index (κ2) is 7.22. The number of hydrogen-bond donors (Lipinski definition) is 0. The second-order valence-electron chi connectivity index (χ2n) is 9.12. The number of fused-ring (bicyclic) bond motifs is 1. The van der Waals surface area contributed by atoms with Crippen molar-refractivity contribution in [1.82, 2.24) is 19.4 Å². The van der Waals surface area contributed by atoms with Gasteiger partial charge in [0.1, 0.15) is 23.9 Å². The summed E-state index contributed by atoms with van der Waals surface area (Å²) in [6.45, 7) is 2.59. The van der Waals surface area contributed by atoms with Crippen molar-refractivity contribution >= 4 is 17.3 Å². The van der Waals surface area contributed by atoms with Gasteiger partial charge < -0.3 is 9.80 Å². The Bertz CT molecular complexity index is 1150. The van der Waals surface area contributed by atoms with E-state index in [1.165, 1.54) is 11.0 Å². The molecule has 2 amide bonds. The van der Waals surface area contributed by atoms with Crippen LogP contribution < -0.4 is 0 Å². The number of halogens is 3. The van der Waals surface area contributed by atoms with Crippen LogP contribution in [0.1, 0.15) is 65.8 Å². The third-order valence-corrected chi connectivity index (χ3v) is 6.74. The fourth-order valence-corrected chi connectivity index (χ4v) is 4.79. The molecule has 2 aromatic heterocycles. The standard InChI is InChI=1S/C22H22F3N5O2/c1-12-6-15(7-12)29-5-4-28(11-19(29)31)21(32)20-16(10-26)17-8-14(13-2-3-13)9-18(22(23,24)25)30(17)27-20/h8-9,12-13,15H,2-7,11H2,1H3. The molecule has 0 radical (unpaired) electrons. The number of piperazine rings is 1. The smallest absolute Gasteiger partial charge is 0.336 e. The summed E-state index contributed by atoms with van der Waals surface area (Å²) in [5.74, 6) is -0.273. The van der Waals surface area contributed by atoms with Gasteiger partial charge in [-0.2, -0.15) is 23.5 Å². The van der Waals surface area contributed by atoms with Crippen molar-refractivity contribution in [3.8, 4) is 6.07 Å². The average Bonchev–Trinajstić information content (AvgIpc) is 3.50. The van der Waals surface area contributed by atoms with Crippen molar-refractivity contribution in [1.29, 1.82) is 5.26 Å². The van der Waals surface area contributed by atoms with Gasteiger partial charge in [-0.15, -0.1) is 0 Å². The van der Waals surface area contributed by atoms with E-state index in [4.69, 9.17) is 0 Å². The van der Waals surface area contributed by atoms with Crippen LogP contribution in [0.3, 0.4) is 0 Å². The summed E-state index contributed by atoms with van der Waals surface area (Å²) in [5.41, 5.74) is -1.07. The lowest BCUT2D eigenvalue weighted by Gasteiger charge is -2.45. The molecule has 1 saturated heterocycles. The van der Waals surface area contributed by atoms with Gasteiger partial charge in [0.25, 0.3) is 5.91 Å². The Kier molecular flexibility index (Phi) is 4.69. The van der Waals surface area contributed by atoms with Crippen LogP contribution in [0.15, 0.2) is 12.1 Å². The van der Waals surface area contributed by atoms with Crippen LogP contribution >= 0.6 is 0 Å². The first-order valence-corrected chi connectivity index (χ1v) is 10.8. The van der Waals surface area contributed by atoms with E-state index in [0.717, 1.165) is 31.7 Å². The molecule has 3 aliphatic rings. The van der Waals surface area contributed by atoms with Gasteiger partial charge in [0, 0.05) is 19.1 Å². The van der Waals surface area contributed by atoms with E-state index in [0.29, 0.717) is 22.5 Å². The molecule has 2 saturated carbocycles. The molecule has 0 atom stereocenters. The summed E-state index contributed by atoms with van der Waals surface area (Å²) < 4.78 is 41.8. The maximum atomic E-state index is 13.7. The highest BCUT2D eigenvalue weighted by atomic mass is 19.4. The predicted molar refractivity (Wildman–Crippen MR) is 107 cm³/mol. The van der Waals surface area contributed by atoms with E-state index in [2.05, 4.69) is 12.0 Å². The maximum absolute atomic E-state index is 13.7. The number of nitriles is 1. The Balaban J connectivity index is 1.48. The zero-order valence-corrected chi connectivity index (χ0v) is 17.5. The number of carbonyl (C=O) groups excluding carboxylic acids is 2. The summed E-state index contributed by atoms with van der Waals surface area (Å²) >= 11 is 0. The largest absolute Gasteiger partial charge is 0.433 e. The van der Waals surface area contributed by atoms with Crippen LogP contribution in [-0.2, 0) is 11.0 Å². The minimum Gasteiger partial charge on any atom is -0.336 e. The lowest BCUT2D eigenvalue weighted by atomic mass is 9.80. The number of carbonyl (C=O) groups is 2. The highest BCUT2D eigenvalue weighted by molar-refractivity contribution is 5.99. The topological polar surface area (TPSA) is 81.7 Å². The quantitative estimate of drug-likeness (QED) is 0.727. The van der Waals surface area contributed by atoms with Gasteiger partial charge in [0.05, 0.1) is 5.52 Å². The Morgan fingerprint density at radius 3 is 2.50 bits per heavy atom. The minimum absolute atomic E-state index is 0.0269. The Morgan fingerprint density at radius 2 is 1.94 bits per heavy atom. The average molecular weight is 445 g/mol. The molecule has 5 rings (SSSR count). The first kappa shape index (κ1) is 20.8. The number of rotatable bonds is 3. The van der Waals surface area contributed by atoms with E-state index in [9.17, 15) is 28.0 Å². The molecule has 3 fully saturated rings. The molecular formula is C22H22F3N5O2. The molecule has 10 heteroatoms. The molecule has 3 heterocycles. The zero-order chi connectivity index (χ0) is 22.8. The third kappa shape index (κ3) is 3.40. The molecule has 0 aromatic carbocycles. The molecule has 1 aliphatic heterocycles. The van der Waals surface area contributed by atoms with Crippen LogP contribution in [-0.4, -0.2) is 56.9 Å². The summed E-state index contributed by atoms with van der Waals surface area (Å²) in [6, 6.07) is 4.64. The lowest BCUT2D eigenvalue weighted by molar-refractivity contribution is -0.142. The van der Waals surface area contributed by atoms with Gasteiger partial charge in [-0.05, 0) is 55.2 Å². The highest BCUT2D eigenvalue weighted by Crippen LogP contribution is 2.43. The van der Waals surface area contributed by atoms with E-state index < -0.39 is 17.8 Å². The lowest BCUT2D eigenvalue weighted by Crippen LogP contribution is -2.58. The normalized spacial score (nSPS) is 23.9. The van der Waals surface area contributed by atoms with E-state index >= 15 is 0 Å². The van der Waals surface area contributed by atoms with Gasteiger partial charge in [0.2, 0.25) is 5.91 Å². The van der Waals surface area contributed by atoms with Gasteiger partial charge in [-0.3, -0.25) is 9.59 Å². The number of nitrogens with zero attached hydrogens (tertiary/aromatic N) is 5. The molecule has 2 aliphatic carbocycles. The van der Waals surface area contributed by atoms with Crippen molar-refractivity contribution in [2.45, 2.75) is 50.7 Å². The highest BCUT2D eigenvalue weighted by Gasteiger charge is 2.40.